The van der Waals surface area contributed by atoms with Crippen LogP contribution in [-0.4, -0.2) is 25.6 Å². The molecule has 4 nitrogen and oxygen atoms in total. The van der Waals surface area contributed by atoms with Gasteiger partial charge in [0.25, 0.3) is 0 Å². The molecule has 0 bridgehead atoms. The molecule has 0 radical (unpaired) electrons. The van der Waals surface area contributed by atoms with Crippen molar-refractivity contribution in [2.75, 3.05) is 25.0 Å². The van der Waals surface area contributed by atoms with Gasteiger partial charge in [-0.25, -0.2) is 0 Å². The lowest BCUT2D eigenvalue weighted by molar-refractivity contribution is -0.117. The summed E-state index contributed by atoms with van der Waals surface area (Å²) in [6, 6.07) is 5.93. The molecule has 2 N–H and O–H groups in total. The van der Waals surface area contributed by atoms with Crippen molar-refractivity contribution in [1.82, 2.24) is 5.32 Å². The molecule has 1 atom stereocenters. The second kappa shape index (κ2) is 8.92. The van der Waals surface area contributed by atoms with Crippen LogP contribution in [-0.2, 0) is 4.79 Å². The molecule has 23 heavy (non-hydrogen) atoms. The first-order valence-electron chi connectivity index (χ1n) is 8.84. The van der Waals surface area contributed by atoms with Gasteiger partial charge in [0.05, 0.1) is 12.3 Å². The fourth-order valence-electron chi connectivity index (χ4n) is 3.14. The van der Waals surface area contributed by atoms with Crippen molar-refractivity contribution in [2.45, 2.75) is 46.5 Å². The fraction of sp³-hybridized carbons (Fsp3) is 0.632. The van der Waals surface area contributed by atoms with E-state index in [1.807, 2.05) is 25.1 Å². The molecule has 1 saturated heterocycles. The minimum absolute atomic E-state index is 0.0845. The van der Waals surface area contributed by atoms with Gasteiger partial charge in [0.1, 0.15) is 5.75 Å². The third-order valence-corrected chi connectivity index (χ3v) is 4.57. The predicted molar refractivity (Wildman–Crippen MR) is 95.0 cm³/mol. The van der Waals surface area contributed by atoms with Crippen molar-refractivity contribution in [3.05, 3.63) is 23.8 Å². The van der Waals surface area contributed by atoms with Crippen LogP contribution in [0.25, 0.3) is 0 Å². The molecule has 1 aromatic rings. The molecule has 4 heteroatoms. The van der Waals surface area contributed by atoms with Gasteiger partial charge in [-0.15, -0.1) is 0 Å². The third kappa shape index (κ3) is 5.54. The summed E-state index contributed by atoms with van der Waals surface area (Å²) < 4.78 is 5.77. The smallest absolute Gasteiger partial charge is 0.224 e. The van der Waals surface area contributed by atoms with Crippen LogP contribution in [0.4, 0.5) is 5.69 Å². The van der Waals surface area contributed by atoms with Crippen LogP contribution < -0.4 is 15.4 Å². The highest BCUT2D eigenvalue weighted by atomic mass is 16.5. The Balaban J connectivity index is 1.93. The van der Waals surface area contributed by atoms with Crippen LogP contribution in [0.15, 0.2) is 18.2 Å². The summed E-state index contributed by atoms with van der Waals surface area (Å²) in [6.45, 7) is 9.11. The maximum Gasteiger partial charge on any atom is 0.224 e. The Morgan fingerprint density at radius 2 is 2.13 bits per heavy atom. The Labute approximate surface area is 140 Å². The molecule has 128 valence electrons. The van der Waals surface area contributed by atoms with E-state index in [4.69, 9.17) is 4.74 Å². The van der Waals surface area contributed by atoms with Gasteiger partial charge in [-0.1, -0.05) is 19.9 Å². The third-order valence-electron chi connectivity index (χ3n) is 4.57. The highest BCUT2D eigenvalue weighted by molar-refractivity contribution is 5.92. The van der Waals surface area contributed by atoms with Crippen LogP contribution in [0.2, 0.25) is 0 Å². The zero-order valence-corrected chi connectivity index (χ0v) is 14.7. The molecule has 1 unspecified atom stereocenters. The number of rotatable bonds is 7. The Hall–Kier alpha value is -1.55. The zero-order valence-electron chi connectivity index (χ0n) is 14.7. The number of amides is 1. The summed E-state index contributed by atoms with van der Waals surface area (Å²) in [5.41, 5.74) is 1.92. The van der Waals surface area contributed by atoms with Crippen LogP contribution in [0.5, 0.6) is 5.75 Å². The minimum atomic E-state index is 0.0845. The van der Waals surface area contributed by atoms with Gasteiger partial charge in [-0.05, 0) is 68.8 Å². The van der Waals surface area contributed by atoms with Gasteiger partial charge >= 0.3 is 0 Å². The van der Waals surface area contributed by atoms with E-state index < -0.39 is 0 Å². The molecule has 1 aliphatic rings. The van der Waals surface area contributed by atoms with Crippen molar-refractivity contribution >= 4 is 11.6 Å². The van der Waals surface area contributed by atoms with Gasteiger partial charge < -0.3 is 15.4 Å². The standard InChI is InChI=1S/C19H30N2O2/c1-4-11-23-18-12-14(2)5-6-17(18)21-19(22)13-15(3)16-7-9-20-10-8-16/h5-6,12,15-16,20H,4,7-11,13H2,1-3H3,(H,21,22). The summed E-state index contributed by atoms with van der Waals surface area (Å²) in [4.78, 5) is 12.4. The number of aryl methyl sites for hydroxylation is 1. The number of carbonyl (C=O) groups excluding carboxylic acids is 1. The molecule has 1 heterocycles. The lowest BCUT2D eigenvalue weighted by Gasteiger charge is -2.28. The Kier molecular flexibility index (Phi) is 6.90. The predicted octanol–water partition coefficient (Wildman–Crippen LogP) is 3.75. The molecule has 1 fully saturated rings. The first-order valence-corrected chi connectivity index (χ1v) is 8.84. The molecule has 1 amide bonds. The highest BCUT2D eigenvalue weighted by Gasteiger charge is 2.22. The van der Waals surface area contributed by atoms with Crippen molar-refractivity contribution in [3.63, 3.8) is 0 Å². The Bertz CT molecular complexity index is 510. The number of carbonyl (C=O) groups is 1. The largest absolute Gasteiger partial charge is 0.491 e. The number of ether oxygens (including phenoxy) is 1. The molecule has 0 spiro atoms. The molecule has 1 aromatic carbocycles. The molecule has 0 aromatic heterocycles. The normalized spacial score (nSPS) is 16.8. The minimum Gasteiger partial charge on any atom is -0.491 e. The number of benzene rings is 1. The van der Waals surface area contributed by atoms with E-state index in [2.05, 4.69) is 24.5 Å². The zero-order chi connectivity index (χ0) is 16.7. The number of hydrogen-bond donors (Lipinski definition) is 2. The lowest BCUT2D eigenvalue weighted by atomic mass is 9.84. The fourth-order valence-corrected chi connectivity index (χ4v) is 3.14. The number of hydrogen-bond acceptors (Lipinski definition) is 3. The molecule has 0 aliphatic carbocycles. The molecular formula is C19H30N2O2. The summed E-state index contributed by atoms with van der Waals surface area (Å²) >= 11 is 0. The van der Waals surface area contributed by atoms with Crippen molar-refractivity contribution < 1.29 is 9.53 Å². The van der Waals surface area contributed by atoms with E-state index in [0.29, 0.717) is 24.9 Å². The SMILES string of the molecule is CCCOc1cc(C)ccc1NC(=O)CC(C)C1CCNCC1. The van der Waals surface area contributed by atoms with E-state index >= 15 is 0 Å². The molecule has 0 saturated carbocycles. The number of anilines is 1. The summed E-state index contributed by atoms with van der Waals surface area (Å²) in [6.07, 6.45) is 3.87. The molecular weight excluding hydrogens is 288 g/mol. The molecule has 1 aliphatic heterocycles. The average molecular weight is 318 g/mol. The van der Waals surface area contributed by atoms with Crippen LogP contribution in [0.3, 0.4) is 0 Å². The number of nitrogens with one attached hydrogen (secondary N) is 2. The maximum absolute atomic E-state index is 12.4. The van der Waals surface area contributed by atoms with E-state index in [9.17, 15) is 4.79 Å². The Morgan fingerprint density at radius 3 is 2.83 bits per heavy atom. The first-order chi connectivity index (χ1) is 11.1. The monoisotopic (exact) mass is 318 g/mol. The van der Waals surface area contributed by atoms with Gasteiger partial charge in [0.15, 0.2) is 0 Å². The second-order valence-corrected chi connectivity index (χ2v) is 6.67. The van der Waals surface area contributed by atoms with E-state index in [0.717, 1.165) is 36.5 Å². The van der Waals surface area contributed by atoms with Gasteiger partial charge in [-0.3, -0.25) is 4.79 Å². The maximum atomic E-state index is 12.4. The van der Waals surface area contributed by atoms with E-state index in [1.165, 1.54) is 12.8 Å². The summed E-state index contributed by atoms with van der Waals surface area (Å²) in [5, 5.41) is 6.42. The van der Waals surface area contributed by atoms with Gasteiger partial charge in [0.2, 0.25) is 5.91 Å². The molecule has 2 rings (SSSR count). The lowest BCUT2D eigenvalue weighted by Crippen LogP contribution is -2.32. The van der Waals surface area contributed by atoms with Gasteiger partial charge in [-0.2, -0.15) is 0 Å². The summed E-state index contributed by atoms with van der Waals surface area (Å²) in [7, 11) is 0. The van der Waals surface area contributed by atoms with Gasteiger partial charge in [0, 0.05) is 6.42 Å². The van der Waals surface area contributed by atoms with Crippen molar-refractivity contribution in [1.29, 1.82) is 0 Å². The van der Waals surface area contributed by atoms with Crippen molar-refractivity contribution in [3.8, 4) is 5.75 Å². The van der Waals surface area contributed by atoms with Crippen LogP contribution in [0, 0.1) is 18.8 Å². The van der Waals surface area contributed by atoms with E-state index in [1.54, 1.807) is 0 Å². The topological polar surface area (TPSA) is 50.4 Å². The van der Waals surface area contributed by atoms with Crippen LogP contribution in [0.1, 0.15) is 45.1 Å². The quantitative estimate of drug-likeness (QED) is 0.805. The van der Waals surface area contributed by atoms with E-state index in [-0.39, 0.29) is 5.91 Å². The number of piperidine rings is 1. The first kappa shape index (κ1) is 17.8. The second-order valence-electron chi connectivity index (χ2n) is 6.67. The Morgan fingerprint density at radius 1 is 1.39 bits per heavy atom. The average Bonchev–Trinajstić information content (AvgIpc) is 2.55. The van der Waals surface area contributed by atoms with Crippen LogP contribution >= 0.6 is 0 Å². The van der Waals surface area contributed by atoms with Crippen molar-refractivity contribution in [2.24, 2.45) is 11.8 Å². The highest BCUT2D eigenvalue weighted by Crippen LogP contribution is 2.28. The summed E-state index contributed by atoms with van der Waals surface area (Å²) in [5.74, 6) is 1.93.